The Morgan fingerprint density at radius 1 is 1.67 bits per heavy atom. The smallest absolute Gasteiger partial charge is 0.326 e. The Morgan fingerprint density at radius 2 is 2.39 bits per heavy atom. The number of nitrogens with zero attached hydrogens (tertiary/aromatic N) is 3. The summed E-state index contributed by atoms with van der Waals surface area (Å²) in [6, 6.07) is -1.22. The van der Waals surface area contributed by atoms with Gasteiger partial charge in [-0.3, -0.25) is 5.10 Å². The molecule has 1 atom stereocenters. The van der Waals surface area contributed by atoms with Crippen LogP contribution in [0.15, 0.2) is 6.33 Å². The van der Waals surface area contributed by atoms with Crippen molar-refractivity contribution >= 4 is 12.0 Å². The van der Waals surface area contributed by atoms with Crippen LogP contribution in [0.4, 0.5) is 4.79 Å². The minimum Gasteiger partial charge on any atom is -0.480 e. The molecule has 1 aromatic heterocycles. The summed E-state index contributed by atoms with van der Waals surface area (Å²) in [5.41, 5.74) is 0. The van der Waals surface area contributed by atoms with Crippen molar-refractivity contribution in [2.75, 3.05) is 7.05 Å². The van der Waals surface area contributed by atoms with Crippen molar-refractivity contribution in [3.63, 3.8) is 0 Å². The van der Waals surface area contributed by atoms with Crippen LogP contribution in [0.25, 0.3) is 0 Å². The topological polar surface area (TPSA) is 111 Å². The van der Waals surface area contributed by atoms with Crippen molar-refractivity contribution in [3.8, 4) is 0 Å². The van der Waals surface area contributed by atoms with E-state index < -0.39 is 18.0 Å². The maximum atomic E-state index is 11.8. The van der Waals surface area contributed by atoms with Crippen molar-refractivity contribution in [2.45, 2.75) is 25.4 Å². The summed E-state index contributed by atoms with van der Waals surface area (Å²) in [5.74, 6) is -0.380. The largest absolute Gasteiger partial charge is 0.480 e. The molecule has 2 amide bonds. The number of carboxylic acid groups (broad SMARTS) is 1. The van der Waals surface area contributed by atoms with Gasteiger partial charge in [-0.05, 0) is 18.8 Å². The summed E-state index contributed by atoms with van der Waals surface area (Å²) < 4.78 is 0. The highest BCUT2D eigenvalue weighted by atomic mass is 16.4. The number of carbonyl (C=O) groups excluding carboxylic acids is 1. The monoisotopic (exact) mass is 253 g/mol. The summed E-state index contributed by atoms with van der Waals surface area (Å²) in [6.07, 6.45) is 3.05. The van der Waals surface area contributed by atoms with Crippen molar-refractivity contribution in [3.05, 3.63) is 12.2 Å². The lowest BCUT2D eigenvalue weighted by molar-refractivity contribution is -0.139. The van der Waals surface area contributed by atoms with E-state index in [4.69, 9.17) is 5.11 Å². The Hall–Kier alpha value is -2.12. The molecule has 98 valence electrons. The van der Waals surface area contributed by atoms with Gasteiger partial charge in [0.2, 0.25) is 0 Å². The Bertz CT molecular complexity index is 429. The molecule has 0 radical (unpaired) electrons. The first-order valence-electron chi connectivity index (χ1n) is 5.66. The lowest BCUT2D eigenvalue weighted by Gasteiger charge is -2.20. The highest BCUT2D eigenvalue weighted by Crippen LogP contribution is 2.32. The van der Waals surface area contributed by atoms with Gasteiger partial charge in [-0.15, -0.1) is 0 Å². The fourth-order valence-electron chi connectivity index (χ4n) is 1.66. The van der Waals surface area contributed by atoms with E-state index in [1.165, 1.54) is 11.2 Å². The second kappa shape index (κ2) is 5.03. The number of amides is 2. The Morgan fingerprint density at radius 3 is 2.89 bits per heavy atom. The second-order valence-electron chi connectivity index (χ2n) is 4.39. The van der Waals surface area contributed by atoms with E-state index in [9.17, 15) is 9.59 Å². The molecule has 18 heavy (non-hydrogen) atoms. The Labute approximate surface area is 103 Å². The van der Waals surface area contributed by atoms with Crippen LogP contribution < -0.4 is 5.32 Å². The maximum absolute atomic E-state index is 11.8. The molecule has 8 heteroatoms. The van der Waals surface area contributed by atoms with E-state index in [0.29, 0.717) is 5.82 Å². The van der Waals surface area contributed by atoms with Crippen LogP contribution in [0.5, 0.6) is 0 Å². The fraction of sp³-hybridized carbons (Fsp3) is 0.600. The number of H-pyrrole nitrogens is 1. The zero-order valence-corrected chi connectivity index (χ0v) is 9.96. The quantitative estimate of drug-likeness (QED) is 0.673. The van der Waals surface area contributed by atoms with Crippen molar-refractivity contribution in [2.24, 2.45) is 5.92 Å². The zero-order valence-electron chi connectivity index (χ0n) is 9.96. The molecular formula is C10H15N5O3. The molecule has 0 saturated heterocycles. The molecule has 0 bridgehead atoms. The molecule has 1 aliphatic carbocycles. The summed E-state index contributed by atoms with van der Waals surface area (Å²) in [6.45, 7) is 0.253. The van der Waals surface area contributed by atoms with Gasteiger partial charge in [-0.2, -0.15) is 5.10 Å². The fourth-order valence-corrected chi connectivity index (χ4v) is 1.66. The van der Waals surface area contributed by atoms with Gasteiger partial charge >= 0.3 is 12.0 Å². The predicted octanol–water partition coefficient (Wildman–Crippen LogP) is -0.191. The van der Waals surface area contributed by atoms with Crippen molar-refractivity contribution < 1.29 is 14.7 Å². The minimum atomic E-state index is -0.987. The SMILES string of the molecule is CN(Cc1ncn[nH]1)C(=O)NC(C(=O)O)C1CC1. The number of aromatic nitrogens is 3. The van der Waals surface area contributed by atoms with Gasteiger partial charge in [0.1, 0.15) is 18.2 Å². The molecule has 2 rings (SSSR count). The summed E-state index contributed by atoms with van der Waals surface area (Å²) in [4.78, 5) is 28.1. The van der Waals surface area contributed by atoms with Crippen molar-refractivity contribution in [1.82, 2.24) is 25.4 Å². The number of rotatable bonds is 5. The molecule has 1 unspecified atom stereocenters. The number of urea groups is 1. The van der Waals surface area contributed by atoms with Gasteiger partial charge in [0.15, 0.2) is 0 Å². The first kappa shape index (κ1) is 12.3. The van der Waals surface area contributed by atoms with Crippen LogP contribution in [0.2, 0.25) is 0 Å². The molecular weight excluding hydrogens is 238 g/mol. The van der Waals surface area contributed by atoms with Gasteiger partial charge in [0.05, 0.1) is 6.54 Å². The molecule has 8 nitrogen and oxygen atoms in total. The van der Waals surface area contributed by atoms with E-state index in [2.05, 4.69) is 20.5 Å². The molecule has 1 aromatic rings. The van der Waals surface area contributed by atoms with Gasteiger partial charge in [0.25, 0.3) is 0 Å². The van der Waals surface area contributed by atoms with Crippen LogP contribution in [0.1, 0.15) is 18.7 Å². The van der Waals surface area contributed by atoms with Crippen LogP contribution in [0, 0.1) is 5.92 Å². The summed E-state index contributed by atoms with van der Waals surface area (Å²) >= 11 is 0. The van der Waals surface area contributed by atoms with E-state index in [1.807, 2.05) is 0 Å². The maximum Gasteiger partial charge on any atom is 0.326 e. The van der Waals surface area contributed by atoms with E-state index in [0.717, 1.165) is 12.8 Å². The number of aliphatic carboxylic acids is 1. The van der Waals surface area contributed by atoms with E-state index >= 15 is 0 Å². The lowest BCUT2D eigenvalue weighted by Crippen LogP contribution is -2.47. The number of aromatic amines is 1. The van der Waals surface area contributed by atoms with Crippen LogP contribution in [-0.2, 0) is 11.3 Å². The second-order valence-corrected chi connectivity index (χ2v) is 4.39. The standard InChI is InChI=1S/C10H15N5O3/c1-15(4-7-11-5-12-14-7)10(18)13-8(9(16)17)6-2-3-6/h5-6,8H,2-4H2,1H3,(H,13,18)(H,16,17)(H,11,12,14). The van der Waals surface area contributed by atoms with Gasteiger partial charge in [-0.1, -0.05) is 0 Å². The van der Waals surface area contributed by atoms with Crippen LogP contribution in [0.3, 0.4) is 0 Å². The Balaban J connectivity index is 1.88. The number of nitrogens with one attached hydrogen (secondary N) is 2. The van der Waals surface area contributed by atoms with E-state index in [-0.39, 0.29) is 12.5 Å². The van der Waals surface area contributed by atoms with Gasteiger partial charge in [0, 0.05) is 7.05 Å². The highest BCUT2D eigenvalue weighted by molar-refractivity contribution is 5.82. The number of carbonyl (C=O) groups is 2. The van der Waals surface area contributed by atoms with Gasteiger partial charge in [-0.25, -0.2) is 14.6 Å². The average Bonchev–Trinajstić information content (AvgIpc) is 3.03. The molecule has 1 fully saturated rings. The van der Waals surface area contributed by atoms with Crippen LogP contribution in [-0.4, -0.2) is 50.3 Å². The number of carboxylic acids is 1. The van der Waals surface area contributed by atoms with Crippen molar-refractivity contribution in [1.29, 1.82) is 0 Å². The zero-order chi connectivity index (χ0) is 13.1. The first-order chi connectivity index (χ1) is 8.58. The molecule has 0 aromatic carbocycles. The summed E-state index contributed by atoms with van der Waals surface area (Å²) in [7, 11) is 1.57. The number of hydrogen-bond acceptors (Lipinski definition) is 4. The van der Waals surface area contributed by atoms with Crippen LogP contribution >= 0.6 is 0 Å². The summed E-state index contributed by atoms with van der Waals surface area (Å²) in [5, 5.41) is 17.8. The predicted molar refractivity (Wildman–Crippen MR) is 60.5 cm³/mol. The number of hydrogen-bond donors (Lipinski definition) is 3. The highest BCUT2D eigenvalue weighted by Gasteiger charge is 2.37. The molecule has 1 aliphatic rings. The van der Waals surface area contributed by atoms with Gasteiger partial charge < -0.3 is 15.3 Å². The molecule has 1 heterocycles. The first-order valence-corrected chi connectivity index (χ1v) is 5.66. The normalized spacial score (nSPS) is 16.1. The minimum absolute atomic E-state index is 0.0603. The average molecular weight is 253 g/mol. The molecule has 3 N–H and O–H groups in total. The lowest BCUT2D eigenvalue weighted by atomic mass is 10.2. The third kappa shape index (κ3) is 2.96. The molecule has 1 saturated carbocycles. The third-order valence-electron chi connectivity index (χ3n) is 2.84. The Kier molecular flexibility index (Phi) is 3.45. The third-order valence-corrected chi connectivity index (χ3v) is 2.84. The van der Waals surface area contributed by atoms with E-state index in [1.54, 1.807) is 7.05 Å². The molecule has 0 aliphatic heterocycles. The molecule has 0 spiro atoms.